The molecule has 29 heavy (non-hydrogen) atoms. The van der Waals surface area contributed by atoms with Crippen molar-refractivity contribution in [1.82, 2.24) is 9.88 Å². The highest BCUT2D eigenvalue weighted by atomic mass is 16.3. The summed E-state index contributed by atoms with van der Waals surface area (Å²) in [6.07, 6.45) is 5.00. The number of nitrogens with one attached hydrogen (secondary N) is 1. The topological polar surface area (TPSA) is 61.6 Å². The molecule has 6 heteroatoms. The number of furan rings is 1. The van der Waals surface area contributed by atoms with E-state index in [9.17, 15) is 4.79 Å². The zero-order valence-electron chi connectivity index (χ0n) is 16.9. The normalized spacial score (nSPS) is 14.1. The smallest absolute Gasteiger partial charge is 0.255 e. The number of aromatic nitrogens is 1. The Hall–Kier alpha value is -3.28. The number of hydrogen-bond acceptors (Lipinski definition) is 5. The molecule has 0 radical (unpaired) electrons. The molecule has 1 amide bonds. The molecule has 0 unspecified atom stereocenters. The Labute approximate surface area is 171 Å². The number of benzene rings is 1. The molecule has 1 fully saturated rings. The summed E-state index contributed by atoms with van der Waals surface area (Å²) >= 11 is 0. The van der Waals surface area contributed by atoms with Gasteiger partial charge in [0.2, 0.25) is 0 Å². The Morgan fingerprint density at radius 1 is 1.10 bits per heavy atom. The summed E-state index contributed by atoms with van der Waals surface area (Å²) in [5.41, 5.74) is 5.29. The minimum absolute atomic E-state index is 0.0276. The first kappa shape index (κ1) is 19.1. The predicted molar refractivity (Wildman–Crippen MR) is 114 cm³/mol. The molecule has 3 heterocycles. The first-order chi connectivity index (χ1) is 14.1. The number of anilines is 2. The third-order valence-electron chi connectivity index (χ3n) is 5.52. The molecule has 3 aromatic rings. The van der Waals surface area contributed by atoms with E-state index in [-0.39, 0.29) is 5.91 Å². The molecule has 1 aliphatic heterocycles. The highest BCUT2D eigenvalue weighted by Gasteiger charge is 2.23. The van der Waals surface area contributed by atoms with Crippen molar-refractivity contribution in [1.29, 1.82) is 0 Å². The second kappa shape index (κ2) is 8.39. The molecule has 0 saturated carbocycles. The van der Waals surface area contributed by atoms with Gasteiger partial charge in [0.15, 0.2) is 0 Å². The molecular formula is C23H26N4O2. The molecule has 150 valence electrons. The van der Waals surface area contributed by atoms with E-state index in [0.717, 1.165) is 24.5 Å². The van der Waals surface area contributed by atoms with Crippen LogP contribution in [0.1, 0.15) is 27.2 Å². The van der Waals surface area contributed by atoms with Crippen LogP contribution in [0, 0.1) is 13.8 Å². The Bertz CT molecular complexity index is 976. The van der Waals surface area contributed by atoms with Gasteiger partial charge in [0, 0.05) is 44.3 Å². The molecule has 1 aliphatic rings. The molecule has 0 aliphatic carbocycles. The average molecular weight is 390 g/mol. The Balaban J connectivity index is 1.38. The van der Waals surface area contributed by atoms with Crippen molar-refractivity contribution in [2.45, 2.75) is 20.4 Å². The molecule has 0 atom stereocenters. The zero-order chi connectivity index (χ0) is 20.2. The largest absolute Gasteiger partial charge is 0.467 e. The third-order valence-corrected chi connectivity index (χ3v) is 5.52. The molecular weight excluding hydrogens is 364 g/mol. The lowest BCUT2D eigenvalue weighted by Gasteiger charge is -2.37. The summed E-state index contributed by atoms with van der Waals surface area (Å²) in [5, 5.41) is 3.25. The number of carbonyl (C=O) groups is 1. The van der Waals surface area contributed by atoms with E-state index in [2.05, 4.69) is 47.2 Å². The second-order valence-electron chi connectivity index (χ2n) is 7.39. The van der Waals surface area contributed by atoms with Crippen molar-refractivity contribution < 1.29 is 9.21 Å². The molecule has 2 aromatic heterocycles. The number of carbonyl (C=O) groups excluding carboxylic acids is 1. The molecule has 1 saturated heterocycles. The second-order valence-corrected chi connectivity index (χ2v) is 7.39. The molecule has 6 nitrogen and oxygen atoms in total. The number of piperazine rings is 1. The van der Waals surface area contributed by atoms with Gasteiger partial charge in [-0.25, -0.2) is 0 Å². The highest BCUT2D eigenvalue weighted by molar-refractivity contribution is 5.95. The fraction of sp³-hybridized carbons (Fsp3) is 0.304. The summed E-state index contributed by atoms with van der Waals surface area (Å²) in [6, 6.07) is 12.0. The van der Waals surface area contributed by atoms with E-state index in [1.54, 1.807) is 18.7 Å². The van der Waals surface area contributed by atoms with E-state index < -0.39 is 0 Å². The van der Waals surface area contributed by atoms with Gasteiger partial charge in [-0.1, -0.05) is 12.1 Å². The fourth-order valence-corrected chi connectivity index (χ4v) is 3.67. The minimum Gasteiger partial charge on any atom is -0.467 e. The maximum absolute atomic E-state index is 13.0. The molecule has 0 spiro atoms. The lowest BCUT2D eigenvalue weighted by Crippen LogP contribution is -2.49. The monoisotopic (exact) mass is 390 g/mol. The van der Waals surface area contributed by atoms with Crippen molar-refractivity contribution in [3.63, 3.8) is 0 Å². The van der Waals surface area contributed by atoms with Crippen LogP contribution in [0.25, 0.3) is 0 Å². The number of aryl methyl sites for hydroxylation is 1. The lowest BCUT2D eigenvalue weighted by atomic mass is 10.1. The number of rotatable bonds is 5. The van der Waals surface area contributed by atoms with Gasteiger partial charge >= 0.3 is 0 Å². The van der Waals surface area contributed by atoms with E-state index in [4.69, 9.17) is 4.42 Å². The van der Waals surface area contributed by atoms with E-state index >= 15 is 0 Å². The number of nitrogens with zero attached hydrogens (tertiary/aromatic N) is 3. The quantitative estimate of drug-likeness (QED) is 0.717. The van der Waals surface area contributed by atoms with Crippen LogP contribution >= 0.6 is 0 Å². The van der Waals surface area contributed by atoms with Gasteiger partial charge in [-0.05, 0) is 49.2 Å². The molecule has 0 bridgehead atoms. The first-order valence-corrected chi connectivity index (χ1v) is 9.93. The van der Waals surface area contributed by atoms with Crippen LogP contribution < -0.4 is 10.2 Å². The van der Waals surface area contributed by atoms with Crippen molar-refractivity contribution in [3.05, 3.63) is 77.5 Å². The van der Waals surface area contributed by atoms with E-state index in [0.29, 0.717) is 25.2 Å². The van der Waals surface area contributed by atoms with Gasteiger partial charge in [0.25, 0.3) is 5.91 Å². The number of hydrogen-bond donors (Lipinski definition) is 1. The minimum atomic E-state index is 0.0276. The van der Waals surface area contributed by atoms with Gasteiger partial charge in [-0.15, -0.1) is 0 Å². The summed E-state index contributed by atoms with van der Waals surface area (Å²) in [5.74, 6) is 0.865. The number of pyridine rings is 1. The SMILES string of the molecule is Cc1cccc(N2CCN(C(=O)c3cncc(NCc4ccco4)c3)CC2)c1C. The zero-order valence-corrected chi connectivity index (χ0v) is 16.9. The van der Waals surface area contributed by atoms with Crippen LogP contribution in [0.15, 0.2) is 59.5 Å². The van der Waals surface area contributed by atoms with Crippen LogP contribution in [0.4, 0.5) is 11.4 Å². The maximum atomic E-state index is 13.0. The first-order valence-electron chi connectivity index (χ1n) is 9.93. The van der Waals surface area contributed by atoms with Crippen molar-refractivity contribution in [2.24, 2.45) is 0 Å². The Morgan fingerprint density at radius 3 is 2.69 bits per heavy atom. The Kier molecular flexibility index (Phi) is 5.51. The Morgan fingerprint density at radius 2 is 1.93 bits per heavy atom. The van der Waals surface area contributed by atoms with Gasteiger partial charge < -0.3 is 19.5 Å². The lowest BCUT2D eigenvalue weighted by molar-refractivity contribution is 0.0746. The van der Waals surface area contributed by atoms with Gasteiger partial charge in [-0.2, -0.15) is 0 Å². The van der Waals surface area contributed by atoms with Crippen molar-refractivity contribution in [2.75, 3.05) is 36.4 Å². The maximum Gasteiger partial charge on any atom is 0.255 e. The third kappa shape index (κ3) is 4.26. The summed E-state index contributed by atoms with van der Waals surface area (Å²) < 4.78 is 5.33. The molecule has 1 N–H and O–H groups in total. The van der Waals surface area contributed by atoms with Crippen LogP contribution in [-0.2, 0) is 6.54 Å². The fourth-order valence-electron chi connectivity index (χ4n) is 3.67. The predicted octanol–water partition coefficient (Wildman–Crippen LogP) is 3.87. The molecule has 4 rings (SSSR count). The van der Waals surface area contributed by atoms with Crippen LogP contribution in [0.2, 0.25) is 0 Å². The van der Waals surface area contributed by atoms with Crippen LogP contribution in [-0.4, -0.2) is 42.0 Å². The number of amides is 1. The van der Waals surface area contributed by atoms with Crippen molar-refractivity contribution >= 4 is 17.3 Å². The van der Waals surface area contributed by atoms with Gasteiger partial charge in [-0.3, -0.25) is 9.78 Å². The summed E-state index contributed by atoms with van der Waals surface area (Å²) in [6.45, 7) is 7.93. The van der Waals surface area contributed by atoms with Crippen LogP contribution in [0.5, 0.6) is 0 Å². The van der Waals surface area contributed by atoms with E-state index in [1.807, 2.05) is 23.1 Å². The van der Waals surface area contributed by atoms with Crippen molar-refractivity contribution in [3.8, 4) is 0 Å². The summed E-state index contributed by atoms with van der Waals surface area (Å²) in [4.78, 5) is 21.5. The van der Waals surface area contributed by atoms with E-state index in [1.165, 1.54) is 16.8 Å². The van der Waals surface area contributed by atoms with Crippen LogP contribution in [0.3, 0.4) is 0 Å². The molecule has 1 aromatic carbocycles. The van der Waals surface area contributed by atoms with Gasteiger partial charge in [0.05, 0.1) is 24.1 Å². The van der Waals surface area contributed by atoms with Gasteiger partial charge in [0.1, 0.15) is 5.76 Å². The standard InChI is InChI=1S/C23H26N4O2/c1-17-5-3-7-22(18(17)2)26-8-10-27(11-9-26)23(28)19-13-20(15-24-14-19)25-16-21-6-4-12-29-21/h3-7,12-15,25H,8-11,16H2,1-2H3. The summed E-state index contributed by atoms with van der Waals surface area (Å²) in [7, 11) is 0. The average Bonchev–Trinajstić information content (AvgIpc) is 3.28. The highest BCUT2D eigenvalue weighted by Crippen LogP contribution is 2.24.